The maximum atomic E-state index is 12.2. The molecule has 0 aromatic heterocycles. The number of ether oxygens (including phenoxy) is 1. The van der Waals surface area contributed by atoms with Gasteiger partial charge in [-0.3, -0.25) is 4.79 Å². The van der Waals surface area contributed by atoms with Crippen LogP contribution in [0.25, 0.3) is 0 Å². The van der Waals surface area contributed by atoms with Gasteiger partial charge in [0.2, 0.25) is 5.91 Å². The summed E-state index contributed by atoms with van der Waals surface area (Å²) in [5, 5.41) is 13.0. The average molecular weight is 269 g/mol. The standard InChI is InChI=1S/C16H15NO3/c1-9-7-11(13(18)8-14(9)20-2)15-10-5-3-4-6-12(10)17-16(15)19/h3-8,15,18H,1-2H3,(H,17,19). The molecule has 2 aromatic rings. The highest BCUT2D eigenvalue weighted by atomic mass is 16.5. The molecule has 0 saturated heterocycles. The Labute approximate surface area is 117 Å². The minimum atomic E-state index is -0.476. The molecule has 1 aliphatic rings. The molecule has 2 N–H and O–H groups in total. The fraction of sp³-hybridized carbons (Fsp3) is 0.188. The molecular formula is C16H15NO3. The van der Waals surface area contributed by atoms with Crippen LogP contribution in [-0.4, -0.2) is 18.1 Å². The van der Waals surface area contributed by atoms with Crippen molar-refractivity contribution in [1.82, 2.24) is 0 Å². The fourth-order valence-corrected chi connectivity index (χ4v) is 2.67. The zero-order valence-electron chi connectivity index (χ0n) is 11.3. The molecule has 0 saturated carbocycles. The van der Waals surface area contributed by atoms with Crippen molar-refractivity contribution in [3.05, 3.63) is 53.1 Å². The van der Waals surface area contributed by atoms with Crippen LogP contribution in [0.3, 0.4) is 0 Å². The number of benzene rings is 2. The second kappa shape index (κ2) is 4.56. The van der Waals surface area contributed by atoms with Gasteiger partial charge in [-0.05, 0) is 30.2 Å². The molecule has 1 unspecified atom stereocenters. The van der Waals surface area contributed by atoms with Crippen LogP contribution < -0.4 is 10.1 Å². The summed E-state index contributed by atoms with van der Waals surface area (Å²) in [4.78, 5) is 12.2. The number of carbonyl (C=O) groups excluding carboxylic acids is 1. The number of nitrogens with one attached hydrogen (secondary N) is 1. The first-order valence-electron chi connectivity index (χ1n) is 6.39. The Morgan fingerprint density at radius 1 is 1.20 bits per heavy atom. The fourth-order valence-electron chi connectivity index (χ4n) is 2.67. The first-order valence-corrected chi connectivity index (χ1v) is 6.39. The van der Waals surface area contributed by atoms with E-state index >= 15 is 0 Å². The van der Waals surface area contributed by atoms with Gasteiger partial charge in [-0.1, -0.05) is 18.2 Å². The Morgan fingerprint density at radius 3 is 2.70 bits per heavy atom. The van der Waals surface area contributed by atoms with E-state index in [2.05, 4.69) is 5.32 Å². The van der Waals surface area contributed by atoms with Crippen molar-refractivity contribution >= 4 is 11.6 Å². The van der Waals surface area contributed by atoms with E-state index in [-0.39, 0.29) is 11.7 Å². The van der Waals surface area contributed by atoms with E-state index in [9.17, 15) is 9.90 Å². The Morgan fingerprint density at radius 2 is 1.95 bits per heavy atom. The van der Waals surface area contributed by atoms with Gasteiger partial charge in [-0.2, -0.15) is 0 Å². The number of hydrogen-bond donors (Lipinski definition) is 2. The number of aryl methyl sites for hydroxylation is 1. The van der Waals surface area contributed by atoms with Crippen LogP contribution in [0.4, 0.5) is 5.69 Å². The topological polar surface area (TPSA) is 58.6 Å². The molecule has 0 spiro atoms. The zero-order valence-corrected chi connectivity index (χ0v) is 11.3. The third-order valence-electron chi connectivity index (χ3n) is 3.65. The Kier molecular flexibility index (Phi) is 2.86. The average Bonchev–Trinajstić information content (AvgIpc) is 2.77. The molecule has 1 amide bonds. The molecule has 3 rings (SSSR count). The summed E-state index contributed by atoms with van der Waals surface area (Å²) in [6, 6.07) is 10.9. The monoisotopic (exact) mass is 269 g/mol. The first-order chi connectivity index (χ1) is 9.61. The SMILES string of the molecule is COc1cc(O)c(C2C(=O)Nc3ccccc32)cc1C. The summed E-state index contributed by atoms with van der Waals surface area (Å²) in [5.74, 6) is 0.0871. The number of anilines is 1. The van der Waals surface area contributed by atoms with Crippen molar-refractivity contribution in [2.45, 2.75) is 12.8 Å². The van der Waals surface area contributed by atoms with Gasteiger partial charge in [0, 0.05) is 17.3 Å². The molecule has 1 atom stereocenters. The predicted molar refractivity (Wildman–Crippen MR) is 76.3 cm³/mol. The molecule has 1 heterocycles. The summed E-state index contributed by atoms with van der Waals surface area (Å²) in [6.07, 6.45) is 0. The smallest absolute Gasteiger partial charge is 0.236 e. The summed E-state index contributed by atoms with van der Waals surface area (Å²) < 4.78 is 5.18. The van der Waals surface area contributed by atoms with Crippen LogP contribution in [0.5, 0.6) is 11.5 Å². The molecule has 4 heteroatoms. The lowest BCUT2D eigenvalue weighted by Gasteiger charge is -2.14. The summed E-state index contributed by atoms with van der Waals surface area (Å²) in [6.45, 7) is 1.89. The van der Waals surface area contributed by atoms with E-state index in [4.69, 9.17) is 4.74 Å². The number of hydrogen-bond acceptors (Lipinski definition) is 3. The predicted octanol–water partition coefficient (Wildman–Crippen LogP) is 2.79. The number of rotatable bonds is 2. The molecular weight excluding hydrogens is 254 g/mol. The molecule has 2 aromatic carbocycles. The van der Waals surface area contributed by atoms with Crippen LogP contribution >= 0.6 is 0 Å². The van der Waals surface area contributed by atoms with E-state index in [0.29, 0.717) is 11.3 Å². The van der Waals surface area contributed by atoms with E-state index < -0.39 is 5.92 Å². The third kappa shape index (κ3) is 1.81. The highest BCUT2D eigenvalue weighted by Crippen LogP contribution is 2.42. The van der Waals surface area contributed by atoms with Crippen LogP contribution in [0.1, 0.15) is 22.6 Å². The second-order valence-corrected chi connectivity index (χ2v) is 4.89. The van der Waals surface area contributed by atoms with Gasteiger partial charge in [0.05, 0.1) is 13.0 Å². The maximum absolute atomic E-state index is 12.2. The number of phenolic OH excluding ortho intramolecular Hbond substituents is 1. The number of para-hydroxylation sites is 1. The third-order valence-corrected chi connectivity index (χ3v) is 3.65. The lowest BCUT2D eigenvalue weighted by Crippen LogP contribution is -2.13. The van der Waals surface area contributed by atoms with Crippen LogP contribution in [0.2, 0.25) is 0 Å². The van der Waals surface area contributed by atoms with E-state index in [0.717, 1.165) is 16.8 Å². The highest BCUT2D eigenvalue weighted by Gasteiger charge is 2.33. The van der Waals surface area contributed by atoms with Gasteiger partial charge in [0.1, 0.15) is 11.5 Å². The highest BCUT2D eigenvalue weighted by molar-refractivity contribution is 6.05. The van der Waals surface area contributed by atoms with Crippen molar-refractivity contribution < 1.29 is 14.6 Å². The Balaban J connectivity index is 2.14. The number of amides is 1. The second-order valence-electron chi connectivity index (χ2n) is 4.89. The van der Waals surface area contributed by atoms with Crippen LogP contribution in [0, 0.1) is 6.92 Å². The minimum Gasteiger partial charge on any atom is -0.507 e. The van der Waals surface area contributed by atoms with Crippen molar-refractivity contribution in [3.63, 3.8) is 0 Å². The molecule has 0 fully saturated rings. The van der Waals surface area contributed by atoms with Gasteiger partial charge >= 0.3 is 0 Å². The minimum absolute atomic E-state index is 0.0734. The van der Waals surface area contributed by atoms with Gasteiger partial charge in [-0.25, -0.2) is 0 Å². The normalized spacial score (nSPS) is 16.7. The number of phenols is 1. The first kappa shape index (κ1) is 12.5. The lowest BCUT2D eigenvalue weighted by atomic mass is 9.90. The molecule has 0 bridgehead atoms. The zero-order chi connectivity index (χ0) is 14.3. The molecule has 0 aliphatic carbocycles. The lowest BCUT2D eigenvalue weighted by molar-refractivity contribution is -0.116. The summed E-state index contributed by atoms with van der Waals surface area (Å²) >= 11 is 0. The van der Waals surface area contributed by atoms with Gasteiger partial charge < -0.3 is 15.2 Å². The molecule has 1 aliphatic heterocycles. The quantitative estimate of drug-likeness (QED) is 0.881. The van der Waals surface area contributed by atoms with Gasteiger partial charge in [-0.15, -0.1) is 0 Å². The Bertz CT molecular complexity index is 694. The van der Waals surface area contributed by atoms with Crippen molar-refractivity contribution in [2.75, 3.05) is 12.4 Å². The maximum Gasteiger partial charge on any atom is 0.236 e. The number of aromatic hydroxyl groups is 1. The number of carbonyl (C=O) groups is 1. The Hall–Kier alpha value is -2.49. The summed E-state index contributed by atoms with van der Waals surface area (Å²) in [5.41, 5.74) is 3.18. The van der Waals surface area contributed by atoms with E-state index in [1.54, 1.807) is 19.2 Å². The van der Waals surface area contributed by atoms with Gasteiger partial charge in [0.15, 0.2) is 0 Å². The molecule has 0 radical (unpaired) electrons. The van der Waals surface area contributed by atoms with Crippen molar-refractivity contribution in [3.8, 4) is 11.5 Å². The molecule has 20 heavy (non-hydrogen) atoms. The van der Waals surface area contributed by atoms with E-state index in [1.807, 2.05) is 31.2 Å². The number of fused-ring (bicyclic) bond motifs is 1. The van der Waals surface area contributed by atoms with Crippen LogP contribution in [0.15, 0.2) is 36.4 Å². The van der Waals surface area contributed by atoms with E-state index in [1.165, 1.54) is 0 Å². The molecule has 102 valence electrons. The van der Waals surface area contributed by atoms with Gasteiger partial charge in [0.25, 0.3) is 0 Å². The van der Waals surface area contributed by atoms with Crippen molar-refractivity contribution in [2.24, 2.45) is 0 Å². The number of methoxy groups -OCH3 is 1. The largest absolute Gasteiger partial charge is 0.507 e. The van der Waals surface area contributed by atoms with Crippen molar-refractivity contribution in [1.29, 1.82) is 0 Å². The molecule has 4 nitrogen and oxygen atoms in total. The van der Waals surface area contributed by atoms with Crippen LogP contribution in [-0.2, 0) is 4.79 Å². The summed E-state index contributed by atoms with van der Waals surface area (Å²) in [7, 11) is 1.55.